The molecule has 0 atom stereocenters. The topological polar surface area (TPSA) is 90.7 Å². The van der Waals surface area contributed by atoms with Gasteiger partial charge in [-0.15, -0.1) is 11.3 Å². The summed E-state index contributed by atoms with van der Waals surface area (Å²) in [6, 6.07) is 18.1. The lowest BCUT2D eigenvalue weighted by Gasteiger charge is -2.10. The van der Waals surface area contributed by atoms with Crippen molar-refractivity contribution in [2.45, 2.75) is 6.92 Å². The molecule has 0 radical (unpaired) electrons. The van der Waals surface area contributed by atoms with Crippen molar-refractivity contribution in [2.24, 2.45) is 0 Å². The molecule has 0 aliphatic carbocycles. The van der Waals surface area contributed by atoms with Gasteiger partial charge in [-0.1, -0.05) is 6.07 Å². The lowest BCUT2D eigenvalue weighted by Crippen LogP contribution is -2.12. The van der Waals surface area contributed by atoms with Crippen LogP contribution >= 0.6 is 11.3 Å². The number of aromatic nitrogens is 2. The standard InChI is InChI=1S/C23H17N5OS/c1-15-2-5-18(22(29)26-19-6-3-16(13-24)4-7-19)12-20(15)27-23-28-21(14-30-23)17-8-10-25-11-9-17/h2-12,14H,1H3,(H,26,29)(H,27,28). The van der Waals surface area contributed by atoms with Gasteiger partial charge in [0.25, 0.3) is 5.91 Å². The van der Waals surface area contributed by atoms with Crippen molar-refractivity contribution >= 4 is 33.8 Å². The van der Waals surface area contributed by atoms with Crippen LogP contribution < -0.4 is 10.6 Å². The third kappa shape index (κ3) is 4.35. The van der Waals surface area contributed by atoms with E-state index < -0.39 is 0 Å². The Kier molecular flexibility index (Phi) is 5.50. The highest BCUT2D eigenvalue weighted by molar-refractivity contribution is 7.14. The molecule has 2 aromatic carbocycles. The van der Waals surface area contributed by atoms with Crippen LogP contribution in [0.3, 0.4) is 0 Å². The molecule has 6 nitrogen and oxygen atoms in total. The Balaban J connectivity index is 1.51. The molecule has 0 unspecified atom stereocenters. The maximum Gasteiger partial charge on any atom is 0.255 e. The van der Waals surface area contributed by atoms with Gasteiger partial charge in [-0.2, -0.15) is 5.26 Å². The molecule has 0 aliphatic rings. The lowest BCUT2D eigenvalue weighted by atomic mass is 10.1. The van der Waals surface area contributed by atoms with E-state index in [2.05, 4.69) is 26.7 Å². The number of nitrogens with one attached hydrogen (secondary N) is 2. The van der Waals surface area contributed by atoms with E-state index in [4.69, 9.17) is 5.26 Å². The number of amides is 1. The molecule has 1 amide bonds. The van der Waals surface area contributed by atoms with Gasteiger partial charge in [-0.3, -0.25) is 9.78 Å². The molecule has 0 bridgehead atoms. The summed E-state index contributed by atoms with van der Waals surface area (Å²) >= 11 is 1.50. The van der Waals surface area contributed by atoms with Crippen molar-refractivity contribution in [1.29, 1.82) is 5.26 Å². The average molecular weight is 411 g/mol. The van der Waals surface area contributed by atoms with Gasteiger partial charge in [0.1, 0.15) is 0 Å². The van der Waals surface area contributed by atoms with Gasteiger partial charge in [0, 0.05) is 40.3 Å². The van der Waals surface area contributed by atoms with Gasteiger partial charge in [0.2, 0.25) is 0 Å². The van der Waals surface area contributed by atoms with Gasteiger partial charge in [0.05, 0.1) is 17.3 Å². The van der Waals surface area contributed by atoms with Crippen LogP contribution in [0, 0.1) is 18.3 Å². The van der Waals surface area contributed by atoms with E-state index in [1.54, 1.807) is 42.7 Å². The van der Waals surface area contributed by atoms with Crippen LogP contribution in [-0.2, 0) is 0 Å². The maximum atomic E-state index is 12.7. The first-order valence-electron chi connectivity index (χ1n) is 9.17. The summed E-state index contributed by atoms with van der Waals surface area (Å²) in [5, 5.41) is 17.8. The number of thiazole rings is 1. The summed E-state index contributed by atoms with van der Waals surface area (Å²) in [5.74, 6) is -0.223. The van der Waals surface area contributed by atoms with E-state index in [1.165, 1.54) is 11.3 Å². The Morgan fingerprint density at radius 2 is 1.83 bits per heavy atom. The smallest absolute Gasteiger partial charge is 0.255 e. The van der Waals surface area contributed by atoms with E-state index in [-0.39, 0.29) is 5.91 Å². The molecule has 4 rings (SSSR count). The zero-order valence-corrected chi connectivity index (χ0v) is 16.9. The fourth-order valence-electron chi connectivity index (χ4n) is 2.83. The highest BCUT2D eigenvalue weighted by Crippen LogP contribution is 2.28. The van der Waals surface area contributed by atoms with Gasteiger partial charge < -0.3 is 10.6 Å². The number of anilines is 3. The van der Waals surface area contributed by atoms with Crippen LogP contribution in [0.4, 0.5) is 16.5 Å². The minimum Gasteiger partial charge on any atom is -0.331 e. The van der Waals surface area contributed by atoms with E-state index in [9.17, 15) is 4.79 Å². The molecule has 0 saturated carbocycles. The number of aryl methyl sites for hydroxylation is 1. The number of nitrogens with zero attached hydrogens (tertiary/aromatic N) is 3. The van der Waals surface area contributed by atoms with Crippen LogP contribution in [0.5, 0.6) is 0 Å². The normalized spacial score (nSPS) is 10.3. The Morgan fingerprint density at radius 3 is 2.57 bits per heavy atom. The maximum absolute atomic E-state index is 12.7. The van der Waals surface area contributed by atoms with Crippen molar-refractivity contribution in [3.05, 3.63) is 89.1 Å². The molecule has 2 heterocycles. The number of benzene rings is 2. The van der Waals surface area contributed by atoms with Gasteiger partial charge >= 0.3 is 0 Å². The number of nitriles is 1. The summed E-state index contributed by atoms with van der Waals surface area (Å²) in [7, 11) is 0. The molecule has 4 aromatic rings. The zero-order valence-electron chi connectivity index (χ0n) is 16.1. The summed E-state index contributed by atoms with van der Waals surface area (Å²) in [6.07, 6.45) is 3.48. The summed E-state index contributed by atoms with van der Waals surface area (Å²) in [4.78, 5) is 21.3. The zero-order chi connectivity index (χ0) is 20.9. The molecule has 0 aliphatic heterocycles. The molecule has 30 heavy (non-hydrogen) atoms. The lowest BCUT2D eigenvalue weighted by molar-refractivity contribution is 0.102. The van der Waals surface area contributed by atoms with Gasteiger partial charge in [-0.05, 0) is 61.0 Å². The number of hydrogen-bond acceptors (Lipinski definition) is 6. The molecule has 0 saturated heterocycles. The second kappa shape index (κ2) is 8.55. The van der Waals surface area contributed by atoms with Crippen LogP contribution in [0.1, 0.15) is 21.5 Å². The second-order valence-electron chi connectivity index (χ2n) is 6.57. The number of rotatable bonds is 5. The van der Waals surface area contributed by atoms with E-state index in [1.807, 2.05) is 36.6 Å². The van der Waals surface area contributed by atoms with Crippen molar-refractivity contribution in [3.63, 3.8) is 0 Å². The van der Waals surface area contributed by atoms with Gasteiger partial charge in [-0.25, -0.2) is 4.98 Å². The first kappa shape index (κ1) is 19.3. The molecule has 0 spiro atoms. The largest absolute Gasteiger partial charge is 0.331 e. The molecule has 7 heteroatoms. The first-order valence-corrected chi connectivity index (χ1v) is 10.1. The molecule has 146 valence electrons. The quantitative estimate of drug-likeness (QED) is 0.460. The van der Waals surface area contributed by atoms with Crippen molar-refractivity contribution in [2.75, 3.05) is 10.6 Å². The highest BCUT2D eigenvalue weighted by Gasteiger charge is 2.11. The first-order chi connectivity index (χ1) is 14.6. The minimum atomic E-state index is -0.223. The van der Waals surface area contributed by atoms with Crippen LogP contribution in [0.25, 0.3) is 11.3 Å². The Morgan fingerprint density at radius 1 is 1.07 bits per heavy atom. The predicted molar refractivity (Wildman–Crippen MR) is 119 cm³/mol. The number of carbonyl (C=O) groups is 1. The molecular formula is C23H17N5OS. The second-order valence-corrected chi connectivity index (χ2v) is 7.43. The summed E-state index contributed by atoms with van der Waals surface area (Å²) in [6.45, 7) is 1.97. The monoisotopic (exact) mass is 411 g/mol. The number of pyridine rings is 1. The van der Waals surface area contributed by atoms with Crippen LogP contribution in [-0.4, -0.2) is 15.9 Å². The van der Waals surface area contributed by atoms with Crippen molar-refractivity contribution in [3.8, 4) is 17.3 Å². The van der Waals surface area contributed by atoms with E-state index >= 15 is 0 Å². The highest BCUT2D eigenvalue weighted by atomic mass is 32.1. The number of carbonyl (C=O) groups excluding carboxylic acids is 1. The predicted octanol–water partition coefficient (Wildman–Crippen LogP) is 5.38. The van der Waals surface area contributed by atoms with Crippen LogP contribution in [0.2, 0.25) is 0 Å². The average Bonchev–Trinajstić information content (AvgIpc) is 3.25. The van der Waals surface area contributed by atoms with Gasteiger partial charge in [0.15, 0.2) is 5.13 Å². The minimum absolute atomic E-state index is 0.223. The third-order valence-electron chi connectivity index (χ3n) is 4.49. The molecule has 2 aromatic heterocycles. The molecular weight excluding hydrogens is 394 g/mol. The summed E-state index contributed by atoms with van der Waals surface area (Å²) < 4.78 is 0. The Bertz CT molecular complexity index is 1230. The van der Waals surface area contributed by atoms with Crippen molar-refractivity contribution < 1.29 is 4.79 Å². The van der Waals surface area contributed by atoms with E-state index in [0.29, 0.717) is 16.8 Å². The molecule has 2 N–H and O–H groups in total. The Hall–Kier alpha value is -4.02. The molecule has 0 fully saturated rings. The van der Waals surface area contributed by atoms with Crippen LogP contribution in [0.15, 0.2) is 72.4 Å². The van der Waals surface area contributed by atoms with E-state index in [0.717, 1.165) is 27.6 Å². The van der Waals surface area contributed by atoms with Crippen molar-refractivity contribution in [1.82, 2.24) is 9.97 Å². The summed E-state index contributed by atoms with van der Waals surface area (Å²) in [5.41, 5.74) is 5.40. The Labute approximate surface area is 177 Å². The third-order valence-corrected chi connectivity index (χ3v) is 5.25. The fourth-order valence-corrected chi connectivity index (χ4v) is 3.56. The number of hydrogen-bond donors (Lipinski definition) is 2. The fraction of sp³-hybridized carbons (Fsp3) is 0.0435. The SMILES string of the molecule is Cc1ccc(C(=O)Nc2ccc(C#N)cc2)cc1Nc1nc(-c2ccncc2)cs1.